The second-order valence-electron chi connectivity index (χ2n) is 3.94. The fourth-order valence-electron chi connectivity index (χ4n) is 1.43. The molecule has 96 valence electrons. The van der Waals surface area contributed by atoms with E-state index in [0.29, 0.717) is 17.9 Å². The fraction of sp³-hybridized carbons (Fsp3) is 0.286. The van der Waals surface area contributed by atoms with Crippen LogP contribution in [0.3, 0.4) is 0 Å². The summed E-state index contributed by atoms with van der Waals surface area (Å²) in [4.78, 5) is 22.8. The first-order chi connectivity index (χ1) is 8.54. The van der Waals surface area contributed by atoms with Crippen LogP contribution in [0.5, 0.6) is 5.75 Å². The zero-order chi connectivity index (χ0) is 13.5. The zero-order valence-corrected chi connectivity index (χ0v) is 10.7. The largest absolute Gasteiger partial charge is 0.483 e. The molecule has 0 bridgehead atoms. The minimum atomic E-state index is -0.245. The summed E-state index contributed by atoms with van der Waals surface area (Å²) in [7, 11) is 0. The van der Waals surface area contributed by atoms with Crippen LogP contribution in [0.25, 0.3) is 0 Å². The standard InChI is InChI=1S/C14H17NO3/c1-4-7-15-14(17)9-18-13-6-5-10(2)8-12(13)11(3)16/h4-6,8H,1,7,9H2,2-3H3,(H,15,17). The highest BCUT2D eigenvalue weighted by atomic mass is 16.5. The van der Waals surface area contributed by atoms with E-state index >= 15 is 0 Å². The monoisotopic (exact) mass is 247 g/mol. The summed E-state index contributed by atoms with van der Waals surface area (Å²) >= 11 is 0. The minimum Gasteiger partial charge on any atom is -0.483 e. The summed E-state index contributed by atoms with van der Waals surface area (Å²) in [5.74, 6) is 0.104. The van der Waals surface area contributed by atoms with Gasteiger partial charge >= 0.3 is 0 Å². The maximum absolute atomic E-state index is 11.4. The highest BCUT2D eigenvalue weighted by Crippen LogP contribution is 2.20. The molecule has 0 atom stereocenters. The molecule has 0 aromatic heterocycles. The van der Waals surface area contributed by atoms with Gasteiger partial charge in [0.05, 0.1) is 5.56 Å². The highest BCUT2D eigenvalue weighted by Gasteiger charge is 2.10. The number of hydrogen-bond donors (Lipinski definition) is 1. The maximum atomic E-state index is 11.4. The van der Waals surface area contributed by atoms with Crippen molar-refractivity contribution in [3.05, 3.63) is 42.0 Å². The lowest BCUT2D eigenvalue weighted by atomic mass is 10.1. The van der Waals surface area contributed by atoms with Gasteiger partial charge in [0.2, 0.25) is 0 Å². The number of nitrogens with one attached hydrogen (secondary N) is 1. The van der Waals surface area contributed by atoms with Crippen LogP contribution in [0.15, 0.2) is 30.9 Å². The third kappa shape index (κ3) is 4.05. The van der Waals surface area contributed by atoms with Crippen LogP contribution in [0.2, 0.25) is 0 Å². The van der Waals surface area contributed by atoms with E-state index in [2.05, 4.69) is 11.9 Å². The molecule has 0 radical (unpaired) electrons. The molecule has 0 heterocycles. The minimum absolute atomic E-state index is 0.0831. The molecule has 0 aliphatic heterocycles. The Morgan fingerprint density at radius 2 is 2.17 bits per heavy atom. The third-order valence-corrected chi connectivity index (χ3v) is 2.32. The molecule has 18 heavy (non-hydrogen) atoms. The van der Waals surface area contributed by atoms with Crippen molar-refractivity contribution >= 4 is 11.7 Å². The quantitative estimate of drug-likeness (QED) is 0.617. The maximum Gasteiger partial charge on any atom is 0.258 e. The van der Waals surface area contributed by atoms with Gasteiger partial charge in [-0.2, -0.15) is 0 Å². The van der Waals surface area contributed by atoms with E-state index in [0.717, 1.165) is 5.56 Å². The van der Waals surface area contributed by atoms with Gasteiger partial charge in [0.1, 0.15) is 5.75 Å². The van der Waals surface area contributed by atoms with E-state index in [4.69, 9.17) is 4.74 Å². The smallest absolute Gasteiger partial charge is 0.258 e. The van der Waals surface area contributed by atoms with Crippen molar-refractivity contribution in [3.63, 3.8) is 0 Å². The first-order valence-corrected chi connectivity index (χ1v) is 5.66. The van der Waals surface area contributed by atoms with E-state index in [1.807, 2.05) is 13.0 Å². The average molecular weight is 247 g/mol. The van der Waals surface area contributed by atoms with Gasteiger partial charge in [-0.15, -0.1) is 6.58 Å². The van der Waals surface area contributed by atoms with Gasteiger partial charge in [0.25, 0.3) is 5.91 Å². The Labute approximate surface area is 107 Å². The van der Waals surface area contributed by atoms with E-state index in [-0.39, 0.29) is 18.3 Å². The number of ether oxygens (including phenoxy) is 1. The fourth-order valence-corrected chi connectivity index (χ4v) is 1.43. The van der Waals surface area contributed by atoms with Gasteiger partial charge in [-0.05, 0) is 26.0 Å². The lowest BCUT2D eigenvalue weighted by Gasteiger charge is -2.10. The van der Waals surface area contributed by atoms with Crippen molar-refractivity contribution in [2.45, 2.75) is 13.8 Å². The molecule has 0 unspecified atom stereocenters. The topological polar surface area (TPSA) is 55.4 Å². The van der Waals surface area contributed by atoms with Crippen LogP contribution in [0.4, 0.5) is 0 Å². The Hall–Kier alpha value is -2.10. The van der Waals surface area contributed by atoms with Gasteiger partial charge in [0, 0.05) is 6.54 Å². The Kier molecular flexibility index (Phi) is 5.11. The van der Waals surface area contributed by atoms with E-state index < -0.39 is 0 Å². The Bertz CT molecular complexity index is 466. The van der Waals surface area contributed by atoms with Crippen molar-refractivity contribution in [2.75, 3.05) is 13.2 Å². The lowest BCUT2D eigenvalue weighted by molar-refractivity contribution is -0.122. The van der Waals surface area contributed by atoms with E-state index in [1.54, 1.807) is 18.2 Å². The molecule has 1 rings (SSSR count). The highest BCUT2D eigenvalue weighted by molar-refractivity contribution is 5.97. The molecule has 0 fully saturated rings. The molecule has 4 heteroatoms. The molecule has 1 aromatic carbocycles. The summed E-state index contributed by atoms with van der Waals surface area (Å²) in [5, 5.41) is 2.60. The number of benzene rings is 1. The van der Waals surface area contributed by atoms with Gasteiger partial charge in [-0.3, -0.25) is 9.59 Å². The van der Waals surface area contributed by atoms with E-state index in [1.165, 1.54) is 6.92 Å². The average Bonchev–Trinajstić information content (AvgIpc) is 2.34. The first kappa shape index (κ1) is 14.0. The summed E-state index contributed by atoms with van der Waals surface area (Å²) < 4.78 is 5.35. The van der Waals surface area contributed by atoms with Crippen LogP contribution in [-0.2, 0) is 4.79 Å². The molecular formula is C14H17NO3. The van der Waals surface area contributed by atoms with Crippen LogP contribution in [0, 0.1) is 6.92 Å². The van der Waals surface area contributed by atoms with Crippen LogP contribution >= 0.6 is 0 Å². The molecule has 0 aliphatic carbocycles. The summed E-state index contributed by atoms with van der Waals surface area (Å²) in [6, 6.07) is 5.29. The van der Waals surface area contributed by atoms with E-state index in [9.17, 15) is 9.59 Å². The van der Waals surface area contributed by atoms with Crippen LogP contribution in [0.1, 0.15) is 22.8 Å². The lowest BCUT2D eigenvalue weighted by Crippen LogP contribution is -2.29. The molecule has 1 N–H and O–H groups in total. The van der Waals surface area contributed by atoms with Crippen molar-refractivity contribution < 1.29 is 14.3 Å². The predicted octanol–water partition coefficient (Wildman–Crippen LogP) is 1.88. The van der Waals surface area contributed by atoms with Crippen molar-refractivity contribution in [3.8, 4) is 5.75 Å². The number of Topliss-reactive ketones (excluding diaryl/α,β-unsaturated/α-hetero) is 1. The van der Waals surface area contributed by atoms with Gasteiger partial charge < -0.3 is 10.1 Å². The number of hydrogen-bond acceptors (Lipinski definition) is 3. The molecule has 1 amide bonds. The number of rotatable bonds is 6. The summed E-state index contributed by atoms with van der Waals surface area (Å²) in [6.45, 7) is 7.15. The Morgan fingerprint density at radius 1 is 1.44 bits per heavy atom. The predicted molar refractivity (Wildman–Crippen MR) is 69.9 cm³/mol. The SMILES string of the molecule is C=CCNC(=O)COc1ccc(C)cc1C(C)=O. The molecule has 0 aliphatic rings. The van der Waals surface area contributed by atoms with Crippen LogP contribution < -0.4 is 10.1 Å². The summed E-state index contributed by atoms with van der Waals surface area (Å²) in [6.07, 6.45) is 1.59. The number of ketones is 1. The molecule has 4 nitrogen and oxygen atoms in total. The number of aryl methyl sites for hydroxylation is 1. The molecule has 0 saturated carbocycles. The molecule has 1 aromatic rings. The first-order valence-electron chi connectivity index (χ1n) is 5.66. The van der Waals surface area contributed by atoms with Gasteiger partial charge in [-0.25, -0.2) is 0 Å². The number of carbonyl (C=O) groups excluding carboxylic acids is 2. The third-order valence-electron chi connectivity index (χ3n) is 2.32. The van der Waals surface area contributed by atoms with Crippen molar-refractivity contribution in [2.24, 2.45) is 0 Å². The summed E-state index contributed by atoms with van der Waals surface area (Å²) in [5.41, 5.74) is 1.47. The number of carbonyl (C=O) groups is 2. The molecular weight excluding hydrogens is 230 g/mol. The van der Waals surface area contributed by atoms with Crippen molar-refractivity contribution in [1.82, 2.24) is 5.32 Å². The van der Waals surface area contributed by atoms with Gasteiger partial charge in [-0.1, -0.05) is 17.7 Å². The normalized spacial score (nSPS) is 9.67. The van der Waals surface area contributed by atoms with Crippen molar-refractivity contribution in [1.29, 1.82) is 0 Å². The molecule has 0 saturated heterocycles. The second-order valence-corrected chi connectivity index (χ2v) is 3.94. The Balaban J connectivity index is 2.69. The second kappa shape index (κ2) is 6.59. The van der Waals surface area contributed by atoms with Crippen LogP contribution in [-0.4, -0.2) is 24.8 Å². The number of amides is 1. The zero-order valence-electron chi connectivity index (χ0n) is 10.7. The molecule has 0 spiro atoms. The van der Waals surface area contributed by atoms with Gasteiger partial charge in [0.15, 0.2) is 12.4 Å². The Morgan fingerprint density at radius 3 is 2.78 bits per heavy atom.